The Balaban J connectivity index is 1.68. The second-order valence-electron chi connectivity index (χ2n) is 7.78. The molecule has 1 aliphatic carbocycles. The quantitative estimate of drug-likeness (QED) is 0.321. The predicted molar refractivity (Wildman–Crippen MR) is 113 cm³/mol. The molecular formula is C26H19FO2. The largest absolute Gasteiger partial charge is 0.298 e. The molecule has 0 N–H and O–H groups in total. The van der Waals surface area contributed by atoms with Crippen LogP contribution in [0, 0.1) is 11.7 Å². The fraction of sp³-hybridized carbons (Fsp3) is 0.154. The molecule has 3 heteroatoms. The summed E-state index contributed by atoms with van der Waals surface area (Å²) in [6, 6.07) is 22.1. The molecule has 1 aliphatic rings. The van der Waals surface area contributed by atoms with Gasteiger partial charge in [0.05, 0.1) is 5.92 Å². The lowest BCUT2D eigenvalue weighted by atomic mass is 9.72. The average Bonchev–Trinajstić information content (AvgIpc) is 2.75. The van der Waals surface area contributed by atoms with Crippen molar-refractivity contribution >= 4 is 33.1 Å². The molecule has 0 amide bonds. The van der Waals surface area contributed by atoms with Crippen LogP contribution in [-0.4, -0.2) is 11.6 Å². The van der Waals surface area contributed by atoms with E-state index in [1.54, 1.807) is 12.1 Å². The molecule has 0 saturated heterocycles. The molecule has 0 fully saturated rings. The Morgan fingerprint density at radius 2 is 1.52 bits per heavy atom. The number of Topliss-reactive ketones (excluding diaryl/α,β-unsaturated/α-hetero) is 2. The Morgan fingerprint density at radius 3 is 2.31 bits per heavy atom. The molecule has 0 aromatic heterocycles. The van der Waals surface area contributed by atoms with Gasteiger partial charge in [-0.1, -0.05) is 67.6 Å². The van der Waals surface area contributed by atoms with Gasteiger partial charge in [-0.15, -0.1) is 0 Å². The van der Waals surface area contributed by atoms with E-state index in [0.29, 0.717) is 12.0 Å². The third-order valence-electron chi connectivity index (χ3n) is 6.11. The molecular weight excluding hydrogens is 363 g/mol. The summed E-state index contributed by atoms with van der Waals surface area (Å²) in [6.07, 6.45) is 0.297. The normalized spacial score (nSPS) is 19.0. The van der Waals surface area contributed by atoms with Gasteiger partial charge in [-0.05, 0) is 51.2 Å². The fourth-order valence-electron chi connectivity index (χ4n) is 4.55. The summed E-state index contributed by atoms with van der Waals surface area (Å²) in [7, 11) is 0. The second kappa shape index (κ2) is 6.63. The zero-order chi connectivity index (χ0) is 20.1. The van der Waals surface area contributed by atoms with Gasteiger partial charge in [-0.2, -0.15) is 0 Å². The lowest BCUT2D eigenvalue weighted by Gasteiger charge is -2.28. The van der Waals surface area contributed by atoms with Crippen molar-refractivity contribution in [2.45, 2.75) is 19.3 Å². The van der Waals surface area contributed by atoms with Crippen molar-refractivity contribution in [1.29, 1.82) is 0 Å². The summed E-state index contributed by atoms with van der Waals surface area (Å²) < 4.78 is 13.2. The van der Waals surface area contributed by atoms with Crippen LogP contribution in [0.25, 0.3) is 21.5 Å². The van der Waals surface area contributed by atoms with E-state index in [0.717, 1.165) is 32.7 Å². The van der Waals surface area contributed by atoms with Gasteiger partial charge < -0.3 is 0 Å². The van der Waals surface area contributed by atoms with Gasteiger partial charge in [0.15, 0.2) is 11.6 Å². The summed E-state index contributed by atoms with van der Waals surface area (Å²) >= 11 is 0. The Morgan fingerprint density at radius 1 is 0.793 bits per heavy atom. The maximum atomic E-state index is 13.5. The maximum absolute atomic E-state index is 13.5. The number of ketones is 2. The number of benzene rings is 4. The van der Waals surface area contributed by atoms with Crippen molar-refractivity contribution in [3.05, 3.63) is 95.3 Å². The van der Waals surface area contributed by atoms with E-state index in [2.05, 4.69) is 12.1 Å². The molecule has 2 nitrogen and oxygen atoms in total. The molecule has 0 radical (unpaired) electrons. The highest BCUT2D eigenvalue weighted by Crippen LogP contribution is 2.39. The SMILES string of the molecule is CC1C(=O)C(Cc2ccc(F)cc2)C(=O)c2c1ccc1c2ccc2ccccc21. The maximum Gasteiger partial charge on any atom is 0.174 e. The number of halogens is 1. The summed E-state index contributed by atoms with van der Waals surface area (Å²) in [5, 5.41) is 4.14. The van der Waals surface area contributed by atoms with Crippen molar-refractivity contribution < 1.29 is 14.0 Å². The van der Waals surface area contributed by atoms with Gasteiger partial charge in [0.2, 0.25) is 0 Å². The van der Waals surface area contributed by atoms with E-state index in [-0.39, 0.29) is 23.3 Å². The summed E-state index contributed by atoms with van der Waals surface area (Å²) in [5.74, 6) is -1.60. The second-order valence-corrected chi connectivity index (χ2v) is 7.78. The van der Waals surface area contributed by atoms with Crippen LogP contribution < -0.4 is 0 Å². The van der Waals surface area contributed by atoms with E-state index in [9.17, 15) is 14.0 Å². The Bertz CT molecular complexity index is 1290. The number of hydrogen-bond donors (Lipinski definition) is 0. The van der Waals surface area contributed by atoms with Gasteiger partial charge in [0.25, 0.3) is 0 Å². The minimum atomic E-state index is -0.736. The van der Waals surface area contributed by atoms with Crippen LogP contribution in [0.4, 0.5) is 4.39 Å². The standard InChI is InChI=1S/C26H19FO2/c1-15-19-12-13-21-20-5-3-2-4-17(20)8-11-22(21)24(19)26(29)23(25(15)28)14-16-6-9-18(27)10-7-16/h2-13,15,23H,14H2,1H3. The first-order valence-corrected chi connectivity index (χ1v) is 9.81. The smallest absolute Gasteiger partial charge is 0.174 e. The van der Waals surface area contributed by atoms with Crippen LogP contribution in [0.3, 0.4) is 0 Å². The number of fused-ring (bicyclic) bond motifs is 5. The van der Waals surface area contributed by atoms with Crippen LogP contribution in [0.1, 0.15) is 34.3 Å². The average molecular weight is 382 g/mol. The van der Waals surface area contributed by atoms with Gasteiger partial charge in [-0.3, -0.25) is 9.59 Å². The first-order chi connectivity index (χ1) is 14.0. The highest BCUT2D eigenvalue weighted by Gasteiger charge is 2.39. The molecule has 2 atom stereocenters. The van der Waals surface area contributed by atoms with Gasteiger partial charge >= 0.3 is 0 Å². The predicted octanol–water partition coefficient (Wildman–Crippen LogP) is 5.86. The van der Waals surface area contributed by atoms with Crippen LogP contribution in [0.15, 0.2) is 72.8 Å². The third-order valence-corrected chi connectivity index (χ3v) is 6.11. The number of rotatable bonds is 2. The molecule has 0 heterocycles. The van der Waals surface area contributed by atoms with E-state index in [4.69, 9.17) is 0 Å². The fourth-order valence-corrected chi connectivity index (χ4v) is 4.55. The lowest BCUT2D eigenvalue weighted by Crippen LogP contribution is -2.35. The van der Waals surface area contributed by atoms with Gasteiger partial charge in [-0.25, -0.2) is 4.39 Å². The van der Waals surface area contributed by atoms with Crippen molar-refractivity contribution in [3.63, 3.8) is 0 Å². The Labute approximate surface area is 168 Å². The third kappa shape index (κ3) is 2.77. The lowest BCUT2D eigenvalue weighted by molar-refractivity contribution is -0.122. The zero-order valence-electron chi connectivity index (χ0n) is 16.0. The summed E-state index contributed by atoms with van der Waals surface area (Å²) in [5.41, 5.74) is 2.25. The molecule has 0 spiro atoms. The monoisotopic (exact) mass is 382 g/mol. The van der Waals surface area contributed by atoms with Crippen LogP contribution >= 0.6 is 0 Å². The molecule has 29 heavy (non-hydrogen) atoms. The number of carbonyl (C=O) groups is 2. The minimum Gasteiger partial charge on any atom is -0.298 e. The Kier molecular flexibility index (Phi) is 4.06. The molecule has 0 aliphatic heterocycles. The highest BCUT2D eigenvalue weighted by atomic mass is 19.1. The van der Waals surface area contributed by atoms with E-state index in [1.807, 2.05) is 43.3 Å². The highest BCUT2D eigenvalue weighted by molar-refractivity contribution is 6.24. The van der Waals surface area contributed by atoms with Crippen LogP contribution in [0.2, 0.25) is 0 Å². The summed E-state index contributed by atoms with van der Waals surface area (Å²) in [6.45, 7) is 1.87. The Hall–Kier alpha value is -3.33. The topological polar surface area (TPSA) is 34.1 Å². The number of hydrogen-bond acceptors (Lipinski definition) is 2. The molecule has 4 aromatic carbocycles. The van der Waals surface area contributed by atoms with Crippen molar-refractivity contribution in [1.82, 2.24) is 0 Å². The first kappa shape index (κ1) is 17.7. The van der Waals surface area contributed by atoms with E-state index in [1.165, 1.54) is 12.1 Å². The first-order valence-electron chi connectivity index (χ1n) is 9.81. The van der Waals surface area contributed by atoms with Crippen molar-refractivity contribution in [3.8, 4) is 0 Å². The molecule has 0 saturated carbocycles. The molecule has 4 aromatic rings. The van der Waals surface area contributed by atoms with E-state index < -0.39 is 5.92 Å². The van der Waals surface area contributed by atoms with Crippen LogP contribution in [-0.2, 0) is 11.2 Å². The minimum absolute atomic E-state index is 0.0630. The van der Waals surface area contributed by atoms with Gasteiger partial charge in [0.1, 0.15) is 5.82 Å². The zero-order valence-corrected chi connectivity index (χ0v) is 16.0. The van der Waals surface area contributed by atoms with Gasteiger partial charge in [0, 0.05) is 11.5 Å². The van der Waals surface area contributed by atoms with E-state index >= 15 is 0 Å². The summed E-state index contributed by atoms with van der Waals surface area (Å²) in [4.78, 5) is 26.5. The molecule has 2 unspecified atom stereocenters. The van der Waals surface area contributed by atoms with Crippen molar-refractivity contribution in [2.24, 2.45) is 5.92 Å². The number of carbonyl (C=O) groups excluding carboxylic acids is 2. The van der Waals surface area contributed by atoms with Crippen molar-refractivity contribution in [2.75, 3.05) is 0 Å². The van der Waals surface area contributed by atoms with Crippen LogP contribution in [0.5, 0.6) is 0 Å². The molecule has 0 bridgehead atoms. The molecule has 142 valence electrons. The molecule has 5 rings (SSSR count).